The Morgan fingerprint density at radius 1 is 1.24 bits per heavy atom. The number of benzene rings is 1. The van der Waals surface area contributed by atoms with E-state index in [0.717, 1.165) is 45.2 Å². The third-order valence-electron chi connectivity index (χ3n) is 4.57. The molecule has 1 atom stereocenters. The molecule has 1 amide bonds. The number of piperidine rings is 1. The first-order valence-electron chi connectivity index (χ1n) is 8.27. The van der Waals surface area contributed by atoms with Gasteiger partial charge in [0.1, 0.15) is 0 Å². The van der Waals surface area contributed by atoms with Gasteiger partial charge in [-0.25, -0.2) is 0 Å². The number of nitrogens with one attached hydrogen (secondary N) is 2. The van der Waals surface area contributed by atoms with Gasteiger partial charge in [0, 0.05) is 13.1 Å². The highest BCUT2D eigenvalue weighted by Gasteiger charge is 2.38. The molecule has 1 saturated heterocycles. The van der Waals surface area contributed by atoms with Crippen LogP contribution < -0.4 is 10.6 Å². The fourth-order valence-electron chi connectivity index (χ4n) is 3.23. The normalized spacial score (nSPS) is 22.0. The zero-order valence-corrected chi connectivity index (χ0v) is 13.4. The summed E-state index contributed by atoms with van der Waals surface area (Å²) in [6.45, 7) is 6.81. The molecule has 1 fully saturated rings. The van der Waals surface area contributed by atoms with E-state index in [9.17, 15) is 4.79 Å². The van der Waals surface area contributed by atoms with Gasteiger partial charge in [0.15, 0.2) is 0 Å². The van der Waals surface area contributed by atoms with Crippen molar-refractivity contribution in [3.05, 3.63) is 35.4 Å². The molecule has 1 aromatic rings. The van der Waals surface area contributed by atoms with Crippen molar-refractivity contribution in [3.8, 4) is 0 Å². The summed E-state index contributed by atoms with van der Waals surface area (Å²) in [6.07, 6.45) is 5.19. The summed E-state index contributed by atoms with van der Waals surface area (Å²) >= 11 is 0. The Bertz CT molecular complexity index is 441. The van der Waals surface area contributed by atoms with Gasteiger partial charge in [-0.3, -0.25) is 4.79 Å². The minimum absolute atomic E-state index is 0.198. The van der Waals surface area contributed by atoms with E-state index in [0.29, 0.717) is 6.54 Å². The number of carbonyl (C=O) groups is 1. The Kier molecular flexibility index (Phi) is 5.80. The molecule has 1 unspecified atom stereocenters. The van der Waals surface area contributed by atoms with E-state index in [1.807, 2.05) is 0 Å². The molecule has 3 heteroatoms. The van der Waals surface area contributed by atoms with Gasteiger partial charge in [0.25, 0.3) is 0 Å². The standard InChI is InChI=1S/C18H28N2O/c1-3-10-18(11-5-12-19-14-18)17(21)20-13-16-8-6-15(4-2)7-9-16/h6-9,19H,3-5,10-14H2,1-2H3,(H,20,21). The molecular weight excluding hydrogens is 260 g/mol. The lowest BCUT2D eigenvalue weighted by Gasteiger charge is -2.36. The first-order valence-corrected chi connectivity index (χ1v) is 8.27. The molecule has 0 radical (unpaired) electrons. The molecular formula is C18H28N2O. The molecule has 0 aliphatic carbocycles. The molecule has 1 aliphatic heterocycles. The predicted octanol–water partition coefficient (Wildman–Crippen LogP) is 3.04. The molecule has 1 aliphatic rings. The molecule has 2 rings (SSSR count). The summed E-state index contributed by atoms with van der Waals surface area (Å²) in [5.41, 5.74) is 2.32. The van der Waals surface area contributed by atoms with Crippen molar-refractivity contribution in [1.82, 2.24) is 10.6 Å². The highest BCUT2D eigenvalue weighted by Crippen LogP contribution is 2.31. The van der Waals surface area contributed by atoms with Gasteiger partial charge in [-0.15, -0.1) is 0 Å². The van der Waals surface area contributed by atoms with E-state index in [1.165, 1.54) is 11.1 Å². The van der Waals surface area contributed by atoms with Crippen LogP contribution in [0, 0.1) is 5.41 Å². The van der Waals surface area contributed by atoms with Crippen LogP contribution in [0.4, 0.5) is 0 Å². The third kappa shape index (κ3) is 4.07. The van der Waals surface area contributed by atoms with E-state index in [2.05, 4.69) is 48.7 Å². The van der Waals surface area contributed by atoms with Crippen molar-refractivity contribution in [2.24, 2.45) is 5.41 Å². The van der Waals surface area contributed by atoms with Crippen molar-refractivity contribution < 1.29 is 4.79 Å². The van der Waals surface area contributed by atoms with Gasteiger partial charge in [-0.1, -0.05) is 44.5 Å². The SMILES string of the molecule is CCCC1(C(=O)NCc2ccc(CC)cc2)CCCNC1. The molecule has 0 saturated carbocycles. The van der Waals surface area contributed by atoms with Crippen LogP contribution in [-0.2, 0) is 17.8 Å². The highest BCUT2D eigenvalue weighted by atomic mass is 16.2. The highest BCUT2D eigenvalue weighted by molar-refractivity contribution is 5.83. The van der Waals surface area contributed by atoms with Crippen LogP contribution >= 0.6 is 0 Å². The second-order valence-electron chi connectivity index (χ2n) is 6.16. The average molecular weight is 288 g/mol. The summed E-state index contributed by atoms with van der Waals surface area (Å²) in [7, 11) is 0. The lowest BCUT2D eigenvalue weighted by atomic mass is 9.76. The molecule has 0 spiro atoms. The van der Waals surface area contributed by atoms with E-state index in [4.69, 9.17) is 0 Å². The Labute approximate surface area is 128 Å². The minimum Gasteiger partial charge on any atom is -0.352 e. The second kappa shape index (κ2) is 7.60. The molecule has 0 aromatic heterocycles. The fraction of sp³-hybridized carbons (Fsp3) is 0.611. The van der Waals surface area contributed by atoms with Crippen LogP contribution in [0.2, 0.25) is 0 Å². The average Bonchev–Trinajstić information content (AvgIpc) is 2.54. The van der Waals surface area contributed by atoms with Gasteiger partial charge in [0.05, 0.1) is 5.41 Å². The first kappa shape index (κ1) is 16.0. The molecule has 116 valence electrons. The fourth-order valence-corrected chi connectivity index (χ4v) is 3.23. The molecule has 2 N–H and O–H groups in total. The number of hydrogen-bond donors (Lipinski definition) is 2. The lowest BCUT2D eigenvalue weighted by Crippen LogP contribution is -2.50. The first-order chi connectivity index (χ1) is 10.2. The summed E-state index contributed by atoms with van der Waals surface area (Å²) < 4.78 is 0. The summed E-state index contributed by atoms with van der Waals surface area (Å²) in [5.74, 6) is 0.219. The zero-order chi connectivity index (χ0) is 15.1. The number of amides is 1. The van der Waals surface area contributed by atoms with Crippen molar-refractivity contribution in [2.75, 3.05) is 13.1 Å². The van der Waals surface area contributed by atoms with Crippen molar-refractivity contribution in [3.63, 3.8) is 0 Å². The van der Waals surface area contributed by atoms with E-state index < -0.39 is 0 Å². The van der Waals surface area contributed by atoms with Crippen molar-refractivity contribution in [2.45, 2.75) is 52.5 Å². The van der Waals surface area contributed by atoms with Gasteiger partial charge in [0.2, 0.25) is 5.91 Å². The van der Waals surface area contributed by atoms with Crippen molar-refractivity contribution >= 4 is 5.91 Å². The van der Waals surface area contributed by atoms with Gasteiger partial charge < -0.3 is 10.6 Å². The molecule has 21 heavy (non-hydrogen) atoms. The van der Waals surface area contributed by atoms with Crippen LogP contribution in [0.25, 0.3) is 0 Å². The lowest BCUT2D eigenvalue weighted by molar-refractivity contribution is -0.132. The van der Waals surface area contributed by atoms with Crippen molar-refractivity contribution in [1.29, 1.82) is 0 Å². The number of rotatable bonds is 6. The molecule has 0 bridgehead atoms. The minimum atomic E-state index is -0.198. The topological polar surface area (TPSA) is 41.1 Å². The van der Waals surface area contributed by atoms with Crippen LogP contribution in [0.1, 0.15) is 50.7 Å². The van der Waals surface area contributed by atoms with E-state index >= 15 is 0 Å². The largest absolute Gasteiger partial charge is 0.352 e. The van der Waals surface area contributed by atoms with E-state index in [-0.39, 0.29) is 11.3 Å². The Balaban J connectivity index is 1.94. The smallest absolute Gasteiger partial charge is 0.227 e. The van der Waals surface area contributed by atoms with Crippen LogP contribution in [-0.4, -0.2) is 19.0 Å². The predicted molar refractivity (Wildman–Crippen MR) is 87.1 cm³/mol. The summed E-state index contributed by atoms with van der Waals surface area (Å²) in [4.78, 5) is 12.7. The summed E-state index contributed by atoms with van der Waals surface area (Å²) in [5, 5.41) is 6.55. The third-order valence-corrected chi connectivity index (χ3v) is 4.57. The molecule has 1 aromatic carbocycles. The number of hydrogen-bond acceptors (Lipinski definition) is 2. The van der Waals surface area contributed by atoms with Gasteiger partial charge >= 0.3 is 0 Å². The van der Waals surface area contributed by atoms with Gasteiger partial charge in [-0.2, -0.15) is 0 Å². The van der Waals surface area contributed by atoms with Crippen LogP contribution in [0.15, 0.2) is 24.3 Å². The van der Waals surface area contributed by atoms with Gasteiger partial charge in [-0.05, 0) is 43.4 Å². The van der Waals surface area contributed by atoms with Crippen LogP contribution in [0.5, 0.6) is 0 Å². The number of aryl methyl sites for hydroxylation is 1. The Hall–Kier alpha value is -1.35. The number of carbonyl (C=O) groups excluding carboxylic acids is 1. The maximum atomic E-state index is 12.7. The monoisotopic (exact) mass is 288 g/mol. The maximum Gasteiger partial charge on any atom is 0.227 e. The van der Waals surface area contributed by atoms with Crippen LogP contribution in [0.3, 0.4) is 0 Å². The zero-order valence-electron chi connectivity index (χ0n) is 13.4. The second-order valence-corrected chi connectivity index (χ2v) is 6.16. The van der Waals surface area contributed by atoms with E-state index in [1.54, 1.807) is 0 Å². The molecule has 3 nitrogen and oxygen atoms in total. The Morgan fingerprint density at radius 2 is 1.95 bits per heavy atom. The maximum absolute atomic E-state index is 12.7. The quantitative estimate of drug-likeness (QED) is 0.845. The molecule has 1 heterocycles. The summed E-state index contributed by atoms with van der Waals surface area (Å²) in [6, 6.07) is 8.52. The Morgan fingerprint density at radius 3 is 2.52 bits per heavy atom.